The Morgan fingerprint density at radius 3 is 3.00 bits per heavy atom. The Bertz CT molecular complexity index is 487. The van der Waals surface area contributed by atoms with Gasteiger partial charge in [0.25, 0.3) is 0 Å². The molecule has 0 fully saturated rings. The number of hydrogen-bond acceptors (Lipinski definition) is 4. The van der Waals surface area contributed by atoms with Crippen molar-refractivity contribution in [3.8, 4) is 0 Å². The molecule has 0 unspecified atom stereocenters. The summed E-state index contributed by atoms with van der Waals surface area (Å²) in [5, 5.41) is 13.8. The van der Waals surface area contributed by atoms with Crippen LogP contribution in [-0.2, 0) is 13.2 Å². The van der Waals surface area contributed by atoms with Crippen molar-refractivity contribution in [2.45, 2.75) is 13.2 Å². The molecule has 0 aliphatic heterocycles. The van der Waals surface area contributed by atoms with Crippen LogP contribution >= 0.6 is 22.9 Å². The van der Waals surface area contributed by atoms with Crippen LogP contribution in [0.4, 0.5) is 5.82 Å². The van der Waals surface area contributed by atoms with Gasteiger partial charge in [0, 0.05) is 25.4 Å². The molecule has 2 aromatic heterocycles. The second kappa shape index (κ2) is 5.49. The van der Waals surface area contributed by atoms with Crippen LogP contribution in [0.3, 0.4) is 0 Å². The molecule has 0 aliphatic carbocycles. The van der Waals surface area contributed by atoms with Crippen LogP contribution in [-0.4, -0.2) is 17.1 Å². The Kier molecular flexibility index (Phi) is 3.99. The van der Waals surface area contributed by atoms with Crippen LogP contribution in [0.2, 0.25) is 5.02 Å². The summed E-state index contributed by atoms with van der Waals surface area (Å²) in [5.41, 5.74) is 1.95. The minimum Gasteiger partial charge on any atom is -0.392 e. The summed E-state index contributed by atoms with van der Waals surface area (Å²) in [6, 6.07) is 3.90. The van der Waals surface area contributed by atoms with Gasteiger partial charge in [-0.25, -0.2) is 4.98 Å². The lowest BCUT2D eigenvalue weighted by molar-refractivity contribution is 0.282. The monoisotopic (exact) mass is 268 g/mol. The van der Waals surface area contributed by atoms with E-state index < -0.39 is 0 Å². The molecule has 0 amide bonds. The van der Waals surface area contributed by atoms with E-state index >= 15 is 0 Å². The zero-order chi connectivity index (χ0) is 12.3. The summed E-state index contributed by atoms with van der Waals surface area (Å²) in [5.74, 6) is 0.810. The summed E-state index contributed by atoms with van der Waals surface area (Å²) in [4.78, 5) is 6.28. The number of aliphatic hydroxyl groups excluding tert-OH is 1. The van der Waals surface area contributed by atoms with Gasteiger partial charge in [-0.3, -0.25) is 0 Å². The minimum atomic E-state index is -0.0688. The van der Waals surface area contributed by atoms with E-state index in [1.54, 1.807) is 17.5 Å². The predicted molar refractivity (Wildman–Crippen MR) is 71.6 cm³/mol. The first-order chi connectivity index (χ1) is 8.20. The Balaban J connectivity index is 2.16. The summed E-state index contributed by atoms with van der Waals surface area (Å²) in [6.07, 6.45) is 1.58. The lowest BCUT2D eigenvalue weighted by atomic mass is 10.2. The maximum Gasteiger partial charge on any atom is 0.128 e. The molecule has 2 aromatic rings. The lowest BCUT2D eigenvalue weighted by Gasteiger charge is -2.18. The molecule has 1 N–H and O–H groups in total. The number of halogens is 1. The van der Waals surface area contributed by atoms with Gasteiger partial charge in [-0.05, 0) is 28.5 Å². The number of aromatic nitrogens is 1. The molecule has 17 heavy (non-hydrogen) atoms. The second-order valence-electron chi connectivity index (χ2n) is 3.78. The van der Waals surface area contributed by atoms with Crippen molar-refractivity contribution in [2.24, 2.45) is 0 Å². The zero-order valence-corrected chi connectivity index (χ0v) is 11.0. The first kappa shape index (κ1) is 12.4. The highest BCUT2D eigenvalue weighted by molar-refractivity contribution is 7.07. The highest BCUT2D eigenvalue weighted by Crippen LogP contribution is 2.21. The maximum atomic E-state index is 9.15. The molecule has 0 atom stereocenters. The predicted octanol–water partition coefficient (Wildman–Crippen LogP) is 2.93. The van der Waals surface area contributed by atoms with Crippen molar-refractivity contribution >= 4 is 28.8 Å². The van der Waals surface area contributed by atoms with Crippen molar-refractivity contribution < 1.29 is 5.11 Å². The molecule has 0 aromatic carbocycles. The van der Waals surface area contributed by atoms with Crippen LogP contribution in [0.15, 0.2) is 29.1 Å². The van der Waals surface area contributed by atoms with Crippen molar-refractivity contribution in [3.05, 3.63) is 45.2 Å². The van der Waals surface area contributed by atoms with Gasteiger partial charge in [-0.15, -0.1) is 0 Å². The van der Waals surface area contributed by atoms with Gasteiger partial charge < -0.3 is 10.0 Å². The molecule has 5 heteroatoms. The number of thiophene rings is 1. The van der Waals surface area contributed by atoms with E-state index in [4.69, 9.17) is 16.7 Å². The second-order valence-corrected chi connectivity index (χ2v) is 4.97. The fourth-order valence-electron chi connectivity index (χ4n) is 1.54. The van der Waals surface area contributed by atoms with Crippen LogP contribution in [0.25, 0.3) is 0 Å². The van der Waals surface area contributed by atoms with Gasteiger partial charge in [-0.2, -0.15) is 11.3 Å². The third kappa shape index (κ3) is 2.97. The van der Waals surface area contributed by atoms with E-state index in [1.807, 2.05) is 18.0 Å². The normalized spacial score (nSPS) is 10.5. The molecule has 0 radical (unpaired) electrons. The van der Waals surface area contributed by atoms with Gasteiger partial charge >= 0.3 is 0 Å². The van der Waals surface area contributed by atoms with Gasteiger partial charge in [-0.1, -0.05) is 11.6 Å². The number of rotatable bonds is 4. The molecular weight excluding hydrogens is 256 g/mol. The molecule has 2 heterocycles. The van der Waals surface area contributed by atoms with Gasteiger partial charge in [0.15, 0.2) is 0 Å². The van der Waals surface area contributed by atoms with Crippen molar-refractivity contribution in [1.29, 1.82) is 0 Å². The Morgan fingerprint density at radius 1 is 1.53 bits per heavy atom. The topological polar surface area (TPSA) is 36.4 Å². The smallest absolute Gasteiger partial charge is 0.128 e. The van der Waals surface area contributed by atoms with Gasteiger partial charge in [0.05, 0.1) is 11.6 Å². The molecule has 0 bridgehead atoms. The standard InChI is InChI=1S/C12H13ClN2OS/c1-15(6-9-2-3-17-8-9)12-4-10(7-16)11(13)5-14-12/h2-5,8,16H,6-7H2,1H3. The Labute approximate surface area is 109 Å². The fourth-order valence-corrected chi connectivity index (χ4v) is 2.36. The quantitative estimate of drug-likeness (QED) is 0.926. The average Bonchev–Trinajstić information content (AvgIpc) is 2.82. The first-order valence-corrected chi connectivity index (χ1v) is 6.50. The van der Waals surface area contributed by atoms with Crippen molar-refractivity contribution in [3.63, 3.8) is 0 Å². The average molecular weight is 269 g/mol. The summed E-state index contributed by atoms with van der Waals surface area (Å²) in [7, 11) is 1.97. The van der Waals surface area contributed by atoms with Crippen LogP contribution in [0.5, 0.6) is 0 Å². The number of nitrogens with zero attached hydrogens (tertiary/aromatic N) is 2. The molecule has 0 spiro atoms. The van der Waals surface area contributed by atoms with E-state index in [0.717, 1.165) is 12.4 Å². The highest BCUT2D eigenvalue weighted by Gasteiger charge is 2.07. The SMILES string of the molecule is CN(Cc1ccsc1)c1cc(CO)c(Cl)cn1. The number of anilines is 1. The largest absolute Gasteiger partial charge is 0.392 e. The summed E-state index contributed by atoms with van der Waals surface area (Å²) < 4.78 is 0. The molecule has 90 valence electrons. The zero-order valence-electron chi connectivity index (χ0n) is 9.43. The van der Waals surface area contributed by atoms with Crippen LogP contribution < -0.4 is 4.90 Å². The van der Waals surface area contributed by atoms with Crippen molar-refractivity contribution in [1.82, 2.24) is 4.98 Å². The molecule has 2 rings (SSSR count). The molecule has 0 aliphatic rings. The van der Waals surface area contributed by atoms with Crippen LogP contribution in [0, 0.1) is 0 Å². The Hall–Kier alpha value is -1.10. The number of aliphatic hydroxyl groups is 1. The first-order valence-electron chi connectivity index (χ1n) is 5.18. The van der Waals surface area contributed by atoms with E-state index in [0.29, 0.717) is 10.6 Å². The fraction of sp³-hybridized carbons (Fsp3) is 0.250. The Morgan fingerprint density at radius 2 is 2.35 bits per heavy atom. The summed E-state index contributed by atoms with van der Waals surface area (Å²) in [6.45, 7) is 0.726. The summed E-state index contributed by atoms with van der Waals surface area (Å²) >= 11 is 7.58. The van der Waals surface area contributed by atoms with Gasteiger partial charge in [0.2, 0.25) is 0 Å². The third-order valence-corrected chi connectivity index (χ3v) is 3.55. The van der Waals surface area contributed by atoms with E-state index in [1.165, 1.54) is 5.56 Å². The molecule has 0 saturated carbocycles. The lowest BCUT2D eigenvalue weighted by Crippen LogP contribution is -2.17. The molecule has 3 nitrogen and oxygen atoms in total. The van der Waals surface area contributed by atoms with Gasteiger partial charge in [0.1, 0.15) is 5.82 Å². The van der Waals surface area contributed by atoms with E-state index in [-0.39, 0.29) is 6.61 Å². The maximum absolute atomic E-state index is 9.15. The van der Waals surface area contributed by atoms with Crippen LogP contribution in [0.1, 0.15) is 11.1 Å². The number of pyridine rings is 1. The molecule has 0 saturated heterocycles. The van der Waals surface area contributed by atoms with E-state index in [2.05, 4.69) is 21.8 Å². The third-order valence-electron chi connectivity index (χ3n) is 2.48. The highest BCUT2D eigenvalue weighted by atomic mass is 35.5. The number of hydrogen-bond donors (Lipinski definition) is 1. The van der Waals surface area contributed by atoms with Crippen molar-refractivity contribution in [2.75, 3.05) is 11.9 Å². The molecular formula is C12H13ClN2OS. The van der Waals surface area contributed by atoms with E-state index in [9.17, 15) is 0 Å². The minimum absolute atomic E-state index is 0.0688.